The minimum absolute atomic E-state index is 0.00687. The van der Waals surface area contributed by atoms with E-state index in [1.54, 1.807) is 34.6 Å². The lowest BCUT2D eigenvalue weighted by Gasteiger charge is -2.13. The quantitative estimate of drug-likeness (QED) is 0.529. The van der Waals surface area contributed by atoms with Crippen molar-refractivity contribution in [1.29, 1.82) is 0 Å². The maximum absolute atomic E-state index is 13.2. The Morgan fingerprint density at radius 1 is 1.12 bits per heavy atom. The molecule has 2 amide bonds. The molecule has 1 atom stereocenters. The molecule has 1 N–H and O–H groups in total. The SMILES string of the molecule is C=CCN1C(=O)[C@H](CC(=O)Nc2ccccc2)SC1=Nc1c(C)n(C)n(-c2ccccc2)c1=O. The van der Waals surface area contributed by atoms with Gasteiger partial charge in [0.15, 0.2) is 10.9 Å². The van der Waals surface area contributed by atoms with E-state index in [-0.39, 0.29) is 36.0 Å². The molecule has 174 valence electrons. The molecular formula is C25H25N5O3S. The lowest BCUT2D eigenvalue weighted by Crippen LogP contribution is -2.33. The monoisotopic (exact) mass is 475 g/mol. The van der Waals surface area contributed by atoms with Crippen molar-refractivity contribution in [2.45, 2.75) is 18.6 Å². The number of benzene rings is 2. The second-order valence-electron chi connectivity index (χ2n) is 7.77. The van der Waals surface area contributed by atoms with Crippen molar-refractivity contribution in [1.82, 2.24) is 14.3 Å². The van der Waals surface area contributed by atoms with E-state index in [1.165, 1.54) is 16.7 Å². The highest BCUT2D eigenvalue weighted by atomic mass is 32.2. The van der Waals surface area contributed by atoms with Gasteiger partial charge in [0.25, 0.3) is 5.56 Å². The van der Waals surface area contributed by atoms with Crippen LogP contribution >= 0.6 is 11.8 Å². The Morgan fingerprint density at radius 2 is 1.76 bits per heavy atom. The number of carbonyl (C=O) groups excluding carboxylic acids is 2. The first kappa shape index (κ1) is 23.3. The number of rotatable bonds is 7. The standard InChI is InChI=1S/C25H25N5O3S/c1-4-15-29-23(32)20(16-21(31)26-18-11-7-5-8-12-18)34-25(29)27-22-17(2)28(3)30(24(22)33)19-13-9-6-10-14-19/h4-14,20H,1,15-16H2,2-3H3,(H,26,31)/t20-/m0/s1. The van der Waals surface area contributed by atoms with Gasteiger partial charge in [-0.25, -0.2) is 9.67 Å². The number of amidine groups is 1. The Kier molecular flexibility index (Phi) is 6.83. The molecule has 0 radical (unpaired) electrons. The van der Waals surface area contributed by atoms with Gasteiger partial charge in [0.1, 0.15) is 5.25 Å². The van der Waals surface area contributed by atoms with Crippen molar-refractivity contribution in [3.63, 3.8) is 0 Å². The van der Waals surface area contributed by atoms with Crippen LogP contribution in [0.5, 0.6) is 0 Å². The maximum Gasteiger partial charge on any atom is 0.297 e. The molecule has 9 heteroatoms. The lowest BCUT2D eigenvalue weighted by atomic mass is 10.2. The van der Waals surface area contributed by atoms with E-state index in [0.29, 0.717) is 16.5 Å². The van der Waals surface area contributed by atoms with Crippen LogP contribution in [0.1, 0.15) is 12.1 Å². The van der Waals surface area contributed by atoms with Crippen LogP contribution in [0.4, 0.5) is 11.4 Å². The van der Waals surface area contributed by atoms with Gasteiger partial charge in [-0.1, -0.05) is 54.2 Å². The first-order valence-electron chi connectivity index (χ1n) is 10.8. The summed E-state index contributed by atoms with van der Waals surface area (Å²) in [6.45, 7) is 5.77. The zero-order chi connectivity index (χ0) is 24.2. The summed E-state index contributed by atoms with van der Waals surface area (Å²) < 4.78 is 3.28. The van der Waals surface area contributed by atoms with Crippen LogP contribution < -0.4 is 10.9 Å². The van der Waals surface area contributed by atoms with Crippen LogP contribution in [0.3, 0.4) is 0 Å². The molecule has 34 heavy (non-hydrogen) atoms. The summed E-state index contributed by atoms with van der Waals surface area (Å²) in [6, 6.07) is 18.4. The molecule has 1 aliphatic rings. The highest BCUT2D eigenvalue weighted by molar-refractivity contribution is 8.15. The second kappa shape index (κ2) is 9.96. The zero-order valence-corrected chi connectivity index (χ0v) is 19.8. The topological polar surface area (TPSA) is 88.7 Å². The predicted molar refractivity (Wildman–Crippen MR) is 136 cm³/mol. The Morgan fingerprint density at radius 3 is 2.41 bits per heavy atom. The smallest absolute Gasteiger partial charge is 0.297 e. The third kappa shape index (κ3) is 4.60. The fourth-order valence-corrected chi connectivity index (χ4v) is 4.86. The predicted octanol–water partition coefficient (Wildman–Crippen LogP) is 3.63. The average Bonchev–Trinajstić information content (AvgIpc) is 3.23. The van der Waals surface area contributed by atoms with Gasteiger partial charge in [-0.05, 0) is 31.2 Å². The van der Waals surface area contributed by atoms with Crippen molar-refractivity contribution in [2.24, 2.45) is 12.0 Å². The van der Waals surface area contributed by atoms with Gasteiger partial charge in [-0.15, -0.1) is 6.58 Å². The fraction of sp³-hybridized carbons (Fsp3) is 0.200. The van der Waals surface area contributed by atoms with Crippen molar-refractivity contribution >= 4 is 40.1 Å². The molecule has 0 aliphatic carbocycles. The summed E-state index contributed by atoms with van der Waals surface area (Å²) in [4.78, 5) is 44.9. The van der Waals surface area contributed by atoms with Gasteiger partial charge < -0.3 is 5.32 Å². The van der Waals surface area contributed by atoms with Crippen LogP contribution in [0.2, 0.25) is 0 Å². The van der Waals surface area contributed by atoms with Gasteiger partial charge in [0, 0.05) is 25.7 Å². The average molecular weight is 476 g/mol. The molecule has 0 spiro atoms. The zero-order valence-electron chi connectivity index (χ0n) is 19.0. The molecule has 4 rings (SSSR count). The van der Waals surface area contributed by atoms with Crippen molar-refractivity contribution < 1.29 is 9.59 Å². The largest absolute Gasteiger partial charge is 0.326 e. The Balaban J connectivity index is 1.62. The molecular weight excluding hydrogens is 450 g/mol. The van der Waals surface area contributed by atoms with Crippen LogP contribution in [0.25, 0.3) is 5.69 Å². The number of nitrogens with zero attached hydrogens (tertiary/aromatic N) is 4. The van der Waals surface area contributed by atoms with E-state index in [0.717, 1.165) is 5.69 Å². The minimum Gasteiger partial charge on any atom is -0.326 e. The molecule has 2 heterocycles. The van der Waals surface area contributed by atoms with Gasteiger partial charge in [-0.3, -0.25) is 24.0 Å². The molecule has 2 aromatic carbocycles. The molecule has 3 aromatic rings. The number of thioether (sulfide) groups is 1. The van der Waals surface area contributed by atoms with Crippen molar-refractivity contribution in [3.8, 4) is 5.69 Å². The second-order valence-corrected chi connectivity index (χ2v) is 8.94. The number of anilines is 1. The highest BCUT2D eigenvalue weighted by Crippen LogP contribution is 2.32. The van der Waals surface area contributed by atoms with E-state index >= 15 is 0 Å². The number of aromatic nitrogens is 2. The van der Waals surface area contributed by atoms with E-state index in [2.05, 4.69) is 16.9 Å². The van der Waals surface area contributed by atoms with E-state index in [1.807, 2.05) is 55.5 Å². The summed E-state index contributed by atoms with van der Waals surface area (Å²) in [6.07, 6.45) is 1.59. The summed E-state index contributed by atoms with van der Waals surface area (Å²) in [7, 11) is 1.79. The first-order chi connectivity index (χ1) is 16.4. The molecule has 1 saturated heterocycles. The number of nitrogens with one attached hydrogen (secondary N) is 1. The van der Waals surface area contributed by atoms with Crippen LogP contribution in [0.15, 0.2) is 83.1 Å². The first-order valence-corrected chi connectivity index (χ1v) is 11.6. The lowest BCUT2D eigenvalue weighted by molar-refractivity contribution is -0.127. The van der Waals surface area contributed by atoms with Crippen LogP contribution in [-0.2, 0) is 16.6 Å². The normalized spacial score (nSPS) is 16.8. The Hall–Kier alpha value is -3.85. The van der Waals surface area contributed by atoms with Crippen LogP contribution in [0, 0.1) is 6.92 Å². The van der Waals surface area contributed by atoms with E-state index in [4.69, 9.17) is 0 Å². The molecule has 1 fully saturated rings. The molecule has 0 unspecified atom stereocenters. The summed E-state index contributed by atoms with van der Waals surface area (Å²) >= 11 is 1.19. The number of amides is 2. The molecule has 1 aliphatic heterocycles. The van der Waals surface area contributed by atoms with Gasteiger partial charge >= 0.3 is 0 Å². The highest BCUT2D eigenvalue weighted by Gasteiger charge is 2.39. The van der Waals surface area contributed by atoms with E-state index < -0.39 is 5.25 Å². The summed E-state index contributed by atoms with van der Waals surface area (Å²) in [5, 5.41) is 2.55. The Labute approximate surface area is 201 Å². The number of carbonyl (C=O) groups is 2. The number of hydrogen-bond donors (Lipinski definition) is 1. The number of hydrogen-bond acceptors (Lipinski definition) is 5. The van der Waals surface area contributed by atoms with E-state index in [9.17, 15) is 14.4 Å². The Bertz CT molecular complexity index is 1310. The summed E-state index contributed by atoms with van der Waals surface area (Å²) in [5.41, 5.74) is 2.03. The molecule has 8 nitrogen and oxygen atoms in total. The third-order valence-electron chi connectivity index (χ3n) is 5.49. The maximum atomic E-state index is 13.2. The summed E-state index contributed by atoms with van der Waals surface area (Å²) in [5.74, 6) is -0.497. The van der Waals surface area contributed by atoms with Crippen molar-refractivity contribution in [2.75, 3.05) is 11.9 Å². The minimum atomic E-state index is -0.636. The molecule has 0 saturated carbocycles. The third-order valence-corrected chi connectivity index (χ3v) is 6.67. The molecule has 0 bridgehead atoms. The number of aliphatic imine (C=N–C) groups is 1. The fourth-order valence-electron chi connectivity index (χ4n) is 3.70. The van der Waals surface area contributed by atoms with Gasteiger partial charge in [0.05, 0.1) is 11.4 Å². The molecule has 1 aromatic heterocycles. The van der Waals surface area contributed by atoms with Gasteiger partial charge in [0.2, 0.25) is 11.8 Å². The van der Waals surface area contributed by atoms with Gasteiger partial charge in [-0.2, -0.15) is 0 Å². The van der Waals surface area contributed by atoms with Crippen molar-refractivity contribution in [3.05, 3.63) is 89.4 Å². The number of para-hydroxylation sites is 2. The van der Waals surface area contributed by atoms with Crippen LogP contribution in [-0.4, -0.2) is 43.0 Å².